The van der Waals surface area contributed by atoms with Gasteiger partial charge in [0, 0.05) is 19.8 Å². The van der Waals surface area contributed by atoms with Crippen LogP contribution in [0.5, 0.6) is 5.75 Å². The highest BCUT2D eigenvalue weighted by Gasteiger charge is 2.09. The van der Waals surface area contributed by atoms with Crippen molar-refractivity contribution < 1.29 is 4.74 Å². The minimum atomic E-state index is 0.451. The number of hydrogen-bond acceptors (Lipinski definition) is 3. The van der Waals surface area contributed by atoms with Crippen LogP contribution in [0.15, 0.2) is 24.3 Å². The van der Waals surface area contributed by atoms with Crippen LogP contribution in [0.2, 0.25) is 0 Å². The largest absolute Gasteiger partial charge is 0.432 e. The lowest BCUT2D eigenvalue weighted by Crippen LogP contribution is -2.25. The summed E-state index contributed by atoms with van der Waals surface area (Å²) >= 11 is 5.16. The molecule has 4 nitrogen and oxygen atoms in total. The number of thiocarbonyl (C=S) groups is 1. The molecule has 0 saturated carbocycles. The van der Waals surface area contributed by atoms with Gasteiger partial charge in [0.2, 0.25) is 0 Å². The lowest BCUT2D eigenvalue weighted by molar-refractivity contribution is 0.447. The lowest BCUT2D eigenvalue weighted by atomic mass is 10.2. The number of aryl methyl sites for hydroxylation is 3. The maximum Gasteiger partial charge on any atom is 0.264 e. The molecule has 0 atom stereocenters. The van der Waals surface area contributed by atoms with Crippen LogP contribution in [-0.4, -0.2) is 34.0 Å². The minimum absolute atomic E-state index is 0.451. The number of hydrogen-bond donors (Lipinski definition) is 0. The molecule has 2 rings (SSSR count). The summed E-state index contributed by atoms with van der Waals surface area (Å²) in [6.07, 6.45) is 0. The van der Waals surface area contributed by atoms with Crippen molar-refractivity contribution in [3.8, 4) is 11.4 Å². The first-order chi connectivity index (χ1) is 9.38. The first-order valence-electron chi connectivity index (χ1n) is 6.42. The zero-order valence-electron chi connectivity index (χ0n) is 12.5. The third-order valence-electron chi connectivity index (χ3n) is 2.98. The standard InChI is InChI=1S/C15H19N3OS/c1-10-8-13(18-12(3)9-11(2)16-18)6-7-14(10)19-15(20)17(4)5/h6-9H,1-5H3. The fraction of sp³-hybridized carbons (Fsp3) is 0.333. The molecule has 106 valence electrons. The number of ether oxygens (including phenoxy) is 1. The van der Waals surface area contributed by atoms with Gasteiger partial charge in [-0.1, -0.05) is 0 Å². The molecule has 0 N–H and O–H groups in total. The summed E-state index contributed by atoms with van der Waals surface area (Å²) in [7, 11) is 3.73. The smallest absolute Gasteiger partial charge is 0.264 e. The van der Waals surface area contributed by atoms with E-state index in [2.05, 4.69) is 11.2 Å². The Labute approximate surface area is 125 Å². The molecule has 0 unspecified atom stereocenters. The summed E-state index contributed by atoms with van der Waals surface area (Å²) in [4.78, 5) is 1.77. The average molecular weight is 289 g/mol. The molecule has 0 saturated heterocycles. The van der Waals surface area contributed by atoms with E-state index in [1.165, 1.54) is 0 Å². The Bertz CT molecular complexity index is 647. The predicted octanol–water partition coefficient (Wildman–Crippen LogP) is 3.02. The van der Waals surface area contributed by atoms with Gasteiger partial charge in [0.15, 0.2) is 0 Å². The highest BCUT2D eigenvalue weighted by Crippen LogP contribution is 2.22. The molecule has 0 aliphatic rings. The Kier molecular flexibility index (Phi) is 4.09. The van der Waals surface area contributed by atoms with Gasteiger partial charge in [0.1, 0.15) is 5.75 Å². The van der Waals surface area contributed by atoms with Crippen molar-refractivity contribution >= 4 is 17.4 Å². The molecule has 0 bridgehead atoms. The van der Waals surface area contributed by atoms with Crippen LogP contribution in [-0.2, 0) is 0 Å². The lowest BCUT2D eigenvalue weighted by Gasteiger charge is -2.16. The van der Waals surface area contributed by atoms with Crippen molar-refractivity contribution in [3.05, 3.63) is 41.2 Å². The highest BCUT2D eigenvalue weighted by atomic mass is 32.1. The topological polar surface area (TPSA) is 30.3 Å². The van der Waals surface area contributed by atoms with Crippen LogP contribution in [0.1, 0.15) is 17.0 Å². The van der Waals surface area contributed by atoms with E-state index in [9.17, 15) is 0 Å². The second kappa shape index (κ2) is 5.63. The van der Waals surface area contributed by atoms with Gasteiger partial charge in [-0.3, -0.25) is 0 Å². The van der Waals surface area contributed by atoms with Gasteiger partial charge in [-0.2, -0.15) is 5.10 Å². The normalized spacial score (nSPS) is 10.4. The van der Waals surface area contributed by atoms with Gasteiger partial charge in [-0.15, -0.1) is 0 Å². The Morgan fingerprint density at radius 2 is 1.90 bits per heavy atom. The van der Waals surface area contributed by atoms with Crippen LogP contribution in [0.3, 0.4) is 0 Å². The van der Waals surface area contributed by atoms with Crippen molar-refractivity contribution in [1.82, 2.24) is 14.7 Å². The molecule has 1 aromatic carbocycles. The molecule has 5 heteroatoms. The van der Waals surface area contributed by atoms with Crippen molar-refractivity contribution in [2.75, 3.05) is 14.1 Å². The van der Waals surface area contributed by atoms with Crippen molar-refractivity contribution in [1.29, 1.82) is 0 Å². The SMILES string of the molecule is Cc1cc(C)n(-c2ccc(OC(=S)N(C)C)c(C)c2)n1. The minimum Gasteiger partial charge on any atom is -0.432 e. The number of benzene rings is 1. The molecular weight excluding hydrogens is 270 g/mol. The summed E-state index contributed by atoms with van der Waals surface area (Å²) in [5.74, 6) is 0.772. The Hall–Kier alpha value is -1.88. The Morgan fingerprint density at radius 3 is 2.40 bits per heavy atom. The number of rotatable bonds is 2. The van der Waals surface area contributed by atoms with Gasteiger partial charge in [0.25, 0.3) is 5.17 Å². The van der Waals surface area contributed by atoms with Crippen molar-refractivity contribution in [3.63, 3.8) is 0 Å². The van der Waals surface area contributed by atoms with E-state index in [-0.39, 0.29) is 0 Å². The third-order valence-corrected chi connectivity index (χ3v) is 3.42. The zero-order valence-corrected chi connectivity index (χ0v) is 13.3. The Balaban J connectivity index is 2.30. The maximum absolute atomic E-state index is 5.66. The average Bonchev–Trinajstić information content (AvgIpc) is 2.70. The number of aromatic nitrogens is 2. The zero-order chi connectivity index (χ0) is 14.9. The van der Waals surface area contributed by atoms with Crippen molar-refractivity contribution in [2.45, 2.75) is 20.8 Å². The fourth-order valence-electron chi connectivity index (χ4n) is 1.96. The van der Waals surface area contributed by atoms with E-state index >= 15 is 0 Å². The summed E-state index contributed by atoms with van der Waals surface area (Å²) in [5, 5.41) is 4.93. The molecule has 0 aliphatic heterocycles. The quantitative estimate of drug-likeness (QED) is 0.795. The molecule has 0 amide bonds. The van der Waals surface area contributed by atoms with E-state index < -0.39 is 0 Å². The molecule has 0 spiro atoms. The highest BCUT2D eigenvalue weighted by molar-refractivity contribution is 7.80. The van der Waals surface area contributed by atoms with Crippen LogP contribution < -0.4 is 4.74 Å². The molecule has 20 heavy (non-hydrogen) atoms. The predicted molar refractivity (Wildman–Crippen MR) is 84.7 cm³/mol. The van der Waals surface area contributed by atoms with E-state index in [0.717, 1.165) is 28.4 Å². The van der Waals surface area contributed by atoms with Gasteiger partial charge in [-0.25, -0.2) is 4.68 Å². The van der Waals surface area contributed by atoms with Crippen molar-refractivity contribution in [2.24, 2.45) is 0 Å². The first kappa shape index (κ1) is 14.5. The van der Waals surface area contributed by atoms with E-state index in [0.29, 0.717) is 5.17 Å². The molecule has 0 aliphatic carbocycles. The second-order valence-electron chi connectivity index (χ2n) is 5.05. The van der Waals surface area contributed by atoms with Crippen LogP contribution in [0.4, 0.5) is 0 Å². The van der Waals surface area contributed by atoms with Crippen LogP contribution in [0.25, 0.3) is 5.69 Å². The van der Waals surface area contributed by atoms with Gasteiger partial charge in [-0.05, 0) is 62.8 Å². The molecule has 2 aromatic rings. The summed E-state index contributed by atoms with van der Waals surface area (Å²) in [6, 6.07) is 8.02. The first-order valence-corrected chi connectivity index (χ1v) is 6.82. The van der Waals surface area contributed by atoms with Gasteiger partial charge >= 0.3 is 0 Å². The van der Waals surface area contributed by atoms with E-state index in [4.69, 9.17) is 17.0 Å². The molecule has 0 radical (unpaired) electrons. The van der Waals surface area contributed by atoms with E-state index in [1.54, 1.807) is 4.90 Å². The molecular formula is C15H19N3OS. The Morgan fingerprint density at radius 1 is 1.20 bits per heavy atom. The number of nitrogens with zero attached hydrogens (tertiary/aromatic N) is 3. The summed E-state index contributed by atoms with van der Waals surface area (Å²) < 4.78 is 7.59. The summed E-state index contributed by atoms with van der Waals surface area (Å²) in [5.41, 5.74) is 4.17. The molecule has 0 fully saturated rings. The van der Waals surface area contributed by atoms with E-state index in [1.807, 2.05) is 57.7 Å². The van der Waals surface area contributed by atoms with Gasteiger partial charge < -0.3 is 9.64 Å². The second-order valence-corrected chi connectivity index (χ2v) is 5.40. The third kappa shape index (κ3) is 2.99. The van der Waals surface area contributed by atoms with Crippen LogP contribution in [0, 0.1) is 20.8 Å². The molecule has 1 aromatic heterocycles. The molecule has 1 heterocycles. The van der Waals surface area contributed by atoms with Crippen LogP contribution >= 0.6 is 12.2 Å². The monoisotopic (exact) mass is 289 g/mol. The summed E-state index contributed by atoms with van der Waals surface area (Å²) in [6.45, 7) is 6.03. The fourth-order valence-corrected chi connectivity index (χ4v) is 2.05. The van der Waals surface area contributed by atoms with Gasteiger partial charge in [0.05, 0.1) is 11.4 Å². The maximum atomic E-state index is 5.66.